The quantitative estimate of drug-likeness (QED) is 0.780. The highest BCUT2D eigenvalue weighted by Crippen LogP contribution is 2.35. The summed E-state index contributed by atoms with van der Waals surface area (Å²) in [5.41, 5.74) is 3.64. The van der Waals surface area contributed by atoms with Gasteiger partial charge >= 0.3 is 0 Å². The van der Waals surface area contributed by atoms with Gasteiger partial charge in [0.25, 0.3) is 0 Å². The molecule has 0 unspecified atom stereocenters. The van der Waals surface area contributed by atoms with Gasteiger partial charge in [-0.3, -0.25) is 9.59 Å². The summed E-state index contributed by atoms with van der Waals surface area (Å²) in [6.45, 7) is 3.46. The number of benzene rings is 2. The van der Waals surface area contributed by atoms with Crippen molar-refractivity contribution in [3.8, 4) is 0 Å². The van der Waals surface area contributed by atoms with E-state index in [0.717, 1.165) is 11.1 Å². The van der Waals surface area contributed by atoms with Crippen LogP contribution in [0.1, 0.15) is 25.0 Å². The Morgan fingerprint density at radius 3 is 1.27 bits per heavy atom. The minimum Gasteiger partial charge on any atom is -0.289 e. The van der Waals surface area contributed by atoms with Crippen LogP contribution in [-0.4, -0.2) is 11.6 Å². The SMILES string of the molecule is CC1=C(c2ccccc2)C(=O)C(c2ccccc2)=C(C)C1=O. The lowest BCUT2D eigenvalue weighted by atomic mass is 9.80. The van der Waals surface area contributed by atoms with Crippen molar-refractivity contribution in [3.63, 3.8) is 0 Å². The van der Waals surface area contributed by atoms with E-state index in [1.165, 1.54) is 0 Å². The first-order valence-electron chi connectivity index (χ1n) is 7.23. The van der Waals surface area contributed by atoms with Crippen LogP contribution in [0.3, 0.4) is 0 Å². The van der Waals surface area contributed by atoms with Crippen LogP contribution in [0.25, 0.3) is 11.1 Å². The topological polar surface area (TPSA) is 34.1 Å². The smallest absolute Gasteiger partial charge is 0.195 e. The number of hydrogen-bond donors (Lipinski definition) is 0. The first-order chi connectivity index (χ1) is 10.6. The van der Waals surface area contributed by atoms with E-state index in [2.05, 4.69) is 0 Å². The van der Waals surface area contributed by atoms with E-state index in [9.17, 15) is 9.59 Å². The number of Topliss-reactive ketones (excluding diaryl/α,β-unsaturated/α-hetero) is 2. The molecule has 2 nitrogen and oxygen atoms in total. The molecule has 0 radical (unpaired) electrons. The third-order valence-corrected chi connectivity index (χ3v) is 4.01. The molecule has 22 heavy (non-hydrogen) atoms. The van der Waals surface area contributed by atoms with Crippen LogP contribution in [0, 0.1) is 0 Å². The summed E-state index contributed by atoms with van der Waals surface area (Å²) in [5, 5.41) is 0. The first kappa shape index (κ1) is 14.2. The van der Waals surface area contributed by atoms with Crippen molar-refractivity contribution in [2.45, 2.75) is 13.8 Å². The van der Waals surface area contributed by atoms with Gasteiger partial charge in [0.2, 0.25) is 0 Å². The fourth-order valence-electron chi connectivity index (χ4n) is 2.88. The molecule has 1 aliphatic carbocycles. The second-order valence-corrected chi connectivity index (χ2v) is 5.39. The molecule has 2 aromatic carbocycles. The molecule has 108 valence electrons. The second kappa shape index (κ2) is 5.57. The van der Waals surface area contributed by atoms with E-state index < -0.39 is 0 Å². The van der Waals surface area contributed by atoms with Crippen molar-refractivity contribution in [2.75, 3.05) is 0 Å². The van der Waals surface area contributed by atoms with Gasteiger partial charge < -0.3 is 0 Å². The number of carbonyl (C=O) groups is 2. The molecule has 0 aromatic heterocycles. The summed E-state index contributed by atoms with van der Waals surface area (Å²) in [4.78, 5) is 25.6. The number of rotatable bonds is 2. The van der Waals surface area contributed by atoms with Gasteiger partial charge in [0.1, 0.15) is 0 Å². The Balaban J connectivity index is 2.19. The fourth-order valence-corrected chi connectivity index (χ4v) is 2.88. The number of allylic oxidation sites excluding steroid dienone is 4. The highest BCUT2D eigenvalue weighted by molar-refractivity contribution is 6.50. The van der Waals surface area contributed by atoms with Gasteiger partial charge in [-0.25, -0.2) is 0 Å². The van der Waals surface area contributed by atoms with E-state index in [1.54, 1.807) is 13.8 Å². The lowest BCUT2D eigenvalue weighted by Gasteiger charge is -2.21. The van der Waals surface area contributed by atoms with E-state index in [-0.39, 0.29) is 11.6 Å². The van der Waals surface area contributed by atoms with Crippen LogP contribution in [-0.2, 0) is 9.59 Å². The molecule has 0 saturated heterocycles. The van der Waals surface area contributed by atoms with E-state index in [4.69, 9.17) is 0 Å². The molecule has 0 saturated carbocycles. The molecule has 3 rings (SSSR count). The van der Waals surface area contributed by atoms with Crippen LogP contribution in [0.4, 0.5) is 0 Å². The Morgan fingerprint density at radius 2 is 0.909 bits per heavy atom. The molecule has 0 heterocycles. The number of hydrogen-bond acceptors (Lipinski definition) is 2. The maximum atomic E-state index is 13.0. The molecule has 0 aliphatic heterocycles. The van der Waals surface area contributed by atoms with Crippen molar-refractivity contribution in [3.05, 3.63) is 82.9 Å². The van der Waals surface area contributed by atoms with Gasteiger partial charge in [-0.1, -0.05) is 60.7 Å². The maximum absolute atomic E-state index is 13.0. The molecule has 0 amide bonds. The maximum Gasteiger partial charge on any atom is 0.195 e. The summed E-state index contributed by atoms with van der Waals surface area (Å²) in [6.07, 6.45) is 0. The van der Waals surface area contributed by atoms with Crippen LogP contribution in [0.2, 0.25) is 0 Å². The van der Waals surface area contributed by atoms with E-state index in [1.807, 2.05) is 60.7 Å². The summed E-state index contributed by atoms with van der Waals surface area (Å²) < 4.78 is 0. The summed E-state index contributed by atoms with van der Waals surface area (Å²) in [5.74, 6) is -0.135. The normalized spacial score (nSPS) is 15.5. The van der Waals surface area contributed by atoms with Gasteiger partial charge in [-0.05, 0) is 25.0 Å². The van der Waals surface area contributed by atoms with Gasteiger partial charge in [-0.15, -0.1) is 0 Å². The predicted molar refractivity (Wildman–Crippen MR) is 88.1 cm³/mol. The van der Waals surface area contributed by atoms with Crippen LogP contribution in [0.15, 0.2) is 71.8 Å². The molecule has 0 bridgehead atoms. The van der Waals surface area contributed by atoms with Crippen molar-refractivity contribution >= 4 is 22.7 Å². The summed E-state index contributed by atoms with van der Waals surface area (Å²) >= 11 is 0. The Kier molecular flexibility index (Phi) is 3.60. The summed E-state index contributed by atoms with van der Waals surface area (Å²) in [7, 11) is 0. The predicted octanol–water partition coefficient (Wildman–Crippen LogP) is 4.09. The average molecular weight is 288 g/mol. The highest BCUT2D eigenvalue weighted by atomic mass is 16.1. The highest BCUT2D eigenvalue weighted by Gasteiger charge is 2.31. The number of ketones is 2. The summed E-state index contributed by atoms with van der Waals surface area (Å²) in [6, 6.07) is 18.8. The molecule has 2 aromatic rings. The lowest BCUT2D eigenvalue weighted by Crippen LogP contribution is -2.20. The monoisotopic (exact) mass is 288 g/mol. The zero-order chi connectivity index (χ0) is 15.7. The molecule has 1 aliphatic rings. The molecule has 0 atom stereocenters. The Morgan fingerprint density at radius 1 is 0.545 bits per heavy atom. The van der Waals surface area contributed by atoms with Gasteiger partial charge in [0.15, 0.2) is 11.6 Å². The van der Waals surface area contributed by atoms with E-state index >= 15 is 0 Å². The molecule has 0 spiro atoms. The standard InChI is InChI=1S/C20H16O2/c1-13-17(15-9-5-3-6-10-15)20(22)18(14(2)19(13)21)16-11-7-4-8-12-16/h3-12H,1-2H3. The fraction of sp³-hybridized carbons (Fsp3) is 0.100. The zero-order valence-corrected chi connectivity index (χ0v) is 12.6. The van der Waals surface area contributed by atoms with Crippen LogP contribution < -0.4 is 0 Å². The van der Waals surface area contributed by atoms with Crippen LogP contribution in [0.5, 0.6) is 0 Å². The average Bonchev–Trinajstić information content (AvgIpc) is 2.55. The largest absolute Gasteiger partial charge is 0.289 e. The van der Waals surface area contributed by atoms with Crippen molar-refractivity contribution in [1.82, 2.24) is 0 Å². The van der Waals surface area contributed by atoms with Crippen molar-refractivity contribution in [2.24, 2.45) is 0 Å². The molecule has 2 heteroatoms. The molecular formula is C20H16O2. The van der Waals surface area contributed by atoms with Gasteiger partial charge in [-0.2, -0.15) is 0 Å². The third-order valence-electron chi connectivity index (χ3n) is 4.01. The van der Waals surface area contributed by atoms with E-state index in [0.29, 0.717) is 22.3 Å². The number of carbonyl (C=O) groups excluding carboxylic acids is 2. The molecular weight excluding hydrogens is 272 g/mol. The van der Waals surface area contributed by atoms with Crippen molar-refractivity contribution in [1.29, 1.82) is 0 Å². The Labute approximate surface area is 129 Å². The minimum atomic E-state index is -0.0769. The molecule has 0 N–H and O–H groups in total. The second-order valence-electron chi connectivity index (χ2n) is 5.39. The van der Waals surface area contributed by atoms with Gasteiger partial charge in [0, 0.05) is 22.3 Å². The first-order valence-corrected chi connectivity index (χ1v) is 7.23. The third kappa shape index (κ3) is 2.23. The Bertz CT molecular complexity index is 742. The lowest BCUT2D eigenvalue weighted by molar-refractivity contribution is -0.114. The van der Waals surface area contributed by atoms with Crippen LogP contribution >= 0.6 is 0 Å². The minimum absolute atomic E-state index is 0.0580. The van der Waals surface area contributed by atoms with Gasteiger partial charge in [0.05, 0.1) is 0 Å². The zero-order valence-electron chi connectivity index (χ0n) is 12.6. The molecule has 0 fully saturated rings. The van der Waals surface area contributed by atoms with Crippen molar-refractivity contribution < 1.29 is 9.59 Å². The Hall–Kier alpha value is -2.74.